The summed E-state index contributed by atoms with van der Waals surface area (Å²) in [5.74, 6) is 0. The number of nitrogens with zero attached hydrogens (tertiary/aromatic N) is 2. The largest absolute Gasteiger partial charge is 0.298 e. The summed E-state index contributed by atoms with van der Waals surface area (Å²) in [6.45, 7) is 2.01. The molecule has 124 valence electrons. The van der Waals surface area contributed by atoms with Gasteiger partial charge < -0.3 is 0 Å². The van der Waals surface area contributed by atoms with Crippen molar-refractivity contribution in [3.63, 3.8) is 0 Å². The molecule has 1 aliphatic heterocycles. The van der Waals surface area contributed by atoms with Crippen LogP contribution in [0.5, 0.6) is 0 Å². The lowest BCUT2D eigenvalue weighted by Gasteiger charge is -2.24. The average Bonchev–Trinajstić information content (AvgIpc) is 2.72. The Morgan fingerprint density at radius 2 is 1.92 bits per heavy atom. The highest BCUT2D eigenvalue weighted by Crippen LogP contribution is 2.36. The molecule has 0 unspecified atom stereocenters. The molecule has 2 heterocycles. The number of aromatic nitrogens is 1. The molecule has 3 rings (SSSR count). The van der Waals surface area contributed by atoms with Gasteiger partial charge in [-0.15, -0.1) is 0 Å². The molecule has 1 aromatic carbocycles. The lowest BCUT2D eigenvalue weighted by atomic mass is 10.2. The third-order valence-corrected chi connectivity index (χ3v) is 6.13. The molecule has 2 aromatic rings. The van der Waals surface area contributed by atoms with Crippen LogP contribution in [-0.4, -0.2) is 26.2 Å². The molecule has 5 nitrogen and oxygen atoms in total. The first-order valence-electron chi connectivity index (χ1n) is 7.34. The molecule has 24 heavy (non-hydrogen) atoms. The van der Waals surface area contributed by atoms with E-state index in [-0.39, 0.29) is 22.9 Å². The number of aryl methyl sites for hydroxylation is 1. The number of carbonyl (C=O) groups is 1. The second kappa shape index (κ2) is 6.37. The maximum atomic E-state index is 13.1. The van der Waals surface area contributed by atoms with Gasteiger partial charge in [0.2, 0.25) is 0 Å². The topological polar surface area (TPSA) is 67.3 Å². The Kier molecular flexibility index (Phi) is 4.43. The standard InChI is InChI=1S/C17H15ClN2O3S/c1-12-4-6-14(7-5-12)24(22,23)20-10-8-13(11-21)16(18)17-15(20)3-2-9-19-17/h2-7,9,11H,8,10H2,1H3. The molecular formula is C17H15ClN2O3S. The molecule has 0 fully saturated rings. The van der Waals surface area contributed by atoms with Crippen LogP contribution in [0.4, 0.5) is 5.69 Å². The molecule has 0 saturated heterocycles. The molecule has 0 spiro atoms. The summed E-state index contributed by atoms with van der Waals surface area (Å²) >= 11 is 6.26. The second-order valence-corrected chi connectivity index (χ2v) is 7.71. The van der Waals surface area contributed by atoms with Crippen molar-refractivity contribution in [2.24, 2.45) is 0 Å². The van der Waals surface area contributed by atoms with Gasteiger partial charge in [-0.3, -0.25) is 14.1 Å². The molecule has 0 N–H and O–H groups in total. The summed E-state index contributed by atoms with van der Waals surface area (Å²) in [6.07, 6.45) is 2.40. The average molecular weight is 363 g/mol. The highest BCUT2D eigenvalue weighted by Gasteiger charge is 2.30. The number of fused-ring (bicyclic) bond motifs is 1. The third kappa shape index (κ3) is 2.83. The van der Waals surface area contributed by atoms with Crippen LogP contribution < -0.4 is 4.31 Å². The Bertz CT molecular complexity index is 921. The number of hydrogen-bond donors (Lipinski definition) is 0. The van der Waals surface area contributed by atoms with Crippen molar-refractivity contribution in [2.75, 3.05) is 10.8 Å². The van der Waals surface area contributed by atoms with Crippen LogP contribution in [-0.2, 0) is 14.8 Å². The van der Waals surface area contributed by atoms with Crippen LogP contribution in [0, 0.1) is 6.92 Å². The summed E-state index contributed by atoms with van der Waals surface area (Å²) in [4.78, 5) is 15.6. The number of anilines is 1. The van der Waals surface area contributed by atoms with Crippen molar-refractivity contribution in [3.05, 3.63) is 59.4 Å². The lowest BCUT2D eigenvalue weighted by molar-refractivity contribution is -0.104. The van der Waals surface area contributed by atoms with Crippen molar-refractivity contribution in [1.29, 1.82) is 0 Å². The molecule has 1 aromatic heterocycles. The van der Waals surface area contributed by atoms with Gasteiger partial charge in [0.25, 0.3) is 10.0 Å². The van der Waals surface area contributed by atoms with Crippen LogP contribution in [0.1, 0.15) is 17.7 Å². The van der Waals surface area contributed by atoms with E-state index in [9.17, 15) is 13.2 Å². The minimum absolute atomic E-state index is 0.124. The van der Waals surface area contributed by atoms with E-state index >= 15 is 0 Å². The first-order valence-corrected chi connectivity index (χ1v) is 9.15. The van der Waals surface area contributed by atoms with Crippen molar-refractivity contribution in [3.8, 4) is 0 Å². The number of carbonyl (C=O) groups excluding carboxylic acids is 1. The van der Waals surface area contributed by atoms with E-state index in [0.717, 1.165) is 5.56 Å². The van der Waals surface area contributed by atoms with Gasteiger partial charge in [-0.1, -0.05) is 29.3 Å². The van der Waals surface area contributed by atoms with Gasteiger partial charge in [0.1, 0.15) is 12.0 Å². The number of rotatable bonds is 3. The smallest absolute Gasteiger partial charge is 0.264 e. The Labute approximate surface area is 145 Å². The van der Waals surface area contributed by atoms with E-state index < -0.39 is 10.0 Å². The van der Waals surface area contributed by atoms with Gasteiger partial charge >= 0.3 is 0 Å². The monoisotopic (exact) mass is 362 g/mol. The van der Waals surface area contributed by atoms with Gasteiger partial charge in [-0.25, -0.2) is 8.42 Å². The van der Waals surface area contributed by atoms with Crippen LogP contribution in [0.25, 0.3) is 5.03 Å². The summed E-state index contributed by atoms with van der Waals surface area (Å²) in [5, 5.41) is 0.196. The molecule has 0 atom stereocenters. The number of pyridine rings is 1. The lowest BCUT2D eigenvalue weighted by Crippen LogP contribution is -2.32. The number of hydrogen-bond acceptors (Lipinski definition) is 4. The minimum Gasteiger partial charge on any atom is -0.298 e. The third-order valence-electron chi connectivity index (χ3n) is 3.88. The molecule has 1 aliphatic rings. The van der Waals surface area contributed by atoms with Crippen molar-refractivity contribution in [1.82, 2.24) is 4.98 Å². The van der Waals surface area contributed by atoms with Crippen LogP contribution in [0.15, 0.2) is 53.1 Å². The first kappa shape index (κ1) is 16.7. The zero-order valence-electron chi connectivity index (χ0n) is 12.9. The molecular weight excluding hydrogens is 348 g/mol. The molecule has 0 radical (unpaired) electrons. The Balaban J connectivity index is 2.15. The summed E-state index contributed by atoms with van der Waals surface area (Å²) < 4.78 is 27.4. The Hall–Kier alpha value is -2.18. The Morgan fingerprint density at radius 3 is 2.58 bits per heavy atom. The predicted octanol–water partition coefficient (Wildman–Crippen LogP) is 3.14. The molecule has 0 aliphatic carbocycles. The van der Waals surface area contributed by atoms with Gasteiger partial charge in [0, 0.05) is 18.3 Å². The van der Waals surface area contributed by atoms with Gasteiger partial charge in [0.15, 0.2) is 0 Å². The normalized spacial score (nSPS) is 15.0. The van der Waals surface area contributed by atoms with Gasteiger partial charge in [-0.2, -0.15) is 0 Å². The van der Waals surface area contributed by atoms with E-state index in [0.29, 0.717) is 23.2 Å². The van der Waals surface area contributed by atoms with Crippen LogP contribution >= 0.6 is 11.6 Å². The van der Waals surface area contributed by atoms with Gasteiger partial charge in [0.05, 0.1) is 15.6 Å². The fourth-order valence-electron chi connectivity index (χ4n) is 2.57. The predicted molar refractivity (Wildman–Crippen MR) is 93.4 cm³/mol. The molecule has 7 heteroatoms. The number of sulfonamides is 1. The minimum atomic E-state index is -3.78. The zero-order chi connectivity index (χ0) is 17.3. The number of benzene rings is 1. The quantitative estimate of drug-likeness (QED) is 0.787. The maximum absolute atomic E-state index is 13.1. The fraction of sp³-hybridized carbons (Fsp3) is 0.176. The van der Waals surface area contributed by atoms with E-state index in [4.69, 9.17) is 11.6 Å². The summed E-state index contributed by atoms with van der Waals surface area (Å²) in [6, 6.07) is 9.92. The van der Waals surface area contributed by atoms with Crippen molar-refractivity contribution < 1.29 is 13.2 Å². The van der Waals surface area contributed by atoms with Crippen LogP contribution in [0.2, 0.25) is 0 Å². The van der Waals surface area contributed by atoms with E-state index in [1.54, 1.807) is 36.4 Å². The highest BCUT2D eigenvalue weighted by atomic mass is 35.5. The maximum Gasteiger partial charge on any atom is 0.264 e. The fourth-order valence-corrected chi connectivity index (χ4v) is 4.33. The summed E-state index contributed by atoms with van der Waals surface area (Å²) in [7, 11) is -3.78. The van der Waals surface area contributed by atoms with Crippen molar-refractivity contribution in [2.45, 2.75) is 18.2 Å². The second-order valence-electron chi connectivity index (χ2n) is 5.47. The van der Waals surface area contributed by atoms with E-state index in [2.05, 4.69) is 4.98 Å². The highest BCUT2D eigenvalue weighted by molar-refractivity contribution is 7.92. The number of aldehydes is 1. The van der Waals surface area contributed by atoms with E-state index in [1.165, 1.54) is 10.5 Å². The zero-order valence-corrected chi connectivity index (χ0v) is 14.5. The van der Waals surface area contributed by atoms with Gasteiger partial charge in [-0.05, 0) is 37.6 Å². The van der Waals surface area contributed by atoms with Crippen LogP contribution in [0.3, 0.4) is 0 Å². The molecule has 0 bridgehead atoms. The molecule has 0 amide bonds. The number of halogens is 1. The first-order chi connectivity index (χ1) is 11.4. The molecule has 0 saturated carbocycles. The summed E-state index contributed by atoms with van der Waals surface area (Å²) in [5.41, 5.74) is 1.99. The Morgan fingerprint density at radius 1 is 1.21 bits per heavy atom. The SMILES string of the molecule is Cc1ccc(S(=O)(=O)N2CCC(C=O)=C(Cl)c3ncccc32)cc1. The van der Waals surface area contributed by atoms with E-state index in [1.807, 2.05) is 6.92 Å². The van der Waals surface area contributed by atoms with Crippen molar-refractivity contribution >= 4 is 38.6 Å².